The first-order valence-corrected chi connectivity index (χ1v) is 6.49. The summed E-state index contributed by atoms with van der Waals surface area (Å²) < 4.78 is 5.92. The van der Waals surface area contributed by atoms with E-state index in [0.29, 0.717) is 6.42 Å². The number of rotatable bonds is 4. The zero-order valence-corrected chi connectivity index (χ0v) is 11.0. The lowest BCUT2D eigenvalue weighted by Gasteiger charge is -2.32. The Morgan fingerprint density at radius 2 is 2.22 bits per heavy atom. The summed E-state index contributed by atoms with van der Waals surface area (Å²) in [4.78, 5) is 10.5. The van der Waals surface area contributed by atoms with Crippen molar-refractivity contribution in [2.75, 3.05) is 0 Å². The maximum atomic E-state index is 10.5. The third-order valence-corrected chi connectivity index (χ3v) is 3.36. The van der Waals surface area contributed by atoms with Crippen molar-refractivity contribution >= 4 is 5.97 Å². The SMILES string of the molecule is CC1(C)CCc2cc(CCCC(=O)O)ccc2O1. The van der Waals surface area contributed by atoms with Crippen molar-refractivity contribution < 1.29 is 14.6 Å². The molecule has 0 saturated heterocycles. The van der Waals surface area contributed by atoms with Gasteiger partial charge in [-0.25, -0.2) is 0 Å². The second-order valence-corrected chi connectivity index (χ2v) is 5.55. The van der Waals surface area contributed by atoms with E-state index in [1.807, 2.05) is 12.1 Å². The molecule has 1 aromatic rings. The van der Waals surface area contributed by atoms with Gasteiger partial charge in [0.1, 0.15) is 11.4 Å². The highest BCUT2D eigenvalue weighted by molar-refractivity contribution is 5.66. The zero-order valence-electron chi connectivity index (χ0n) is 11.0. The molecule has 1 N–H and O–H groups in total. The lowest BCUT2D eigenvalue weighted by Crippen LogP contribution is -2.32. The van der Waals surface area contributed by atoms with Gasteiger partial charge < -0.3 is 9.84 Å². The number of ether oxygens (including phenoxy) is 1. The Balaban J connectivity index is 2.02. The normalized spacial score (nSPS) is 16.8. The van der Waals surface area contributed by atoms with Gasteiger partial charge in [0.2, 0.25) is 0 Å². The first kappa shape index (κ1) is 12.9. The van der Waals surface area contributed by atoms with Gasteiger partial charge in [0, 0.05) is 6.42 Å². The smallest absolute Gasteiger partial charge is 0.303 e. The van der Waals surface area contributed by atoms with Crippen LogP contribution in [-0.4, -0.2) is 16.7 Å². The number of carboxylic acid groups (broad SMARTS) is 1. The Morgan fingerprint density at radius 1 is 1.44 bits per heavy atom. The van der Waals surface area contributed by atoms with E-state index in [4.69, 9.17) is 9.84 Å². The molecule has 0 aliphatic carbocycles. The summed E-state index contributed by atoms with van der Waals surface area (Å²) in [5.74, 6) is 0.256. The molecule has 0 amide bonds. The van der Waals surface area contributed by atoms with Crippen molar-refractivity contribution in [1.82, 2.24) is 0 Å². The van der Waals surface area contributed by atoms with E-state index < -0.39 is 5.97 Å². The van der Waals surface area contributed by atoms with Crippen LogP contribution >= 0.6 is 0 Å². The minimum Gasteiger partial charge on any atom is -0.488 e. The molecule has 0 atom stereocenters. The molecule has 1 heterocycles. The molecule has 0 aromatic heterocycles. The minimum absolute atomic E-state index is 0.0716. The van der Waals surface area contributed by atoms with E-state index in [-0.39, 0.29) is 12.0 Å². The number of aryl methyl sites for hydroxylation is 2. The highest BCUT2D eigenvalue weighted by Gasteiger charge is 2.26. The monoisotopic (exact) mass is 248 g/mol. The topological polar surface area (TPSA) is 46.5 Å². The summed E-state index contributed by atoms with van der Waals surface area (Å²) in [6.45, 7) is 4.22. The number of carbonyl (C=O) groups is 1. The molecular formula is C15H20O3. The van der Waals surface area contributed by atoms with Crippen molar-refractivity contribution in [1.29, 1.82) is 0 Å². The summed E-state index contributed by atoms with van der Waals surface area (Å²) in [5.41, 5.74) is 2.39. The summed E-state index contributed by atoms with van der Waals surface area (Å²) in [7, 11) is 0. The maximum absolute atomic E-state index is 10.5. The van der Waals surface area contributed by atoms with Gasteiger partial charge in [0.05, 0.1) is 0 Å². The number of fused-ring (bicyclic) bond motifs is 1. The van der Waals surface area contributed by atoms with Crippen molar-refractivity contribution in [2.24, 2.45) is 0 Å². The van der Waals surface area contributed by atoms with Gasteiger partial charge in [-0.2, -0.15) is 0 Å². The first-order chi connectivity index (χ1) is 8.46. The second kappa shape index (κ2) is 5.01. The van der Waals surface area contributed by atoms with Crippen LogP contribution in [0, 0.1) is 0 Å². The summed E-state index contributed by atoms with van der Waals surface area (Å²) in [6, 6.07) is 6.22. The Hall–Kier alpha value is -1.51. The third kappa shape index (κ3) is 3.25. The average Bonchev–Trinajstić information content (AvgIpc) is 2.28. The van der Waals surface area contributed by atoms with Crippen LogP contribution in [0.5, 0.6) is 5.75 Å². The quantitative estimate of drug-likeness (QED) is 0.890. The largest absolute Gasteiger partial charge is 0.488 e. The number of carboxylic acids is 1. The maximum Gasteiger partial charge on any atom is 0.303 e. The van der Waals surface area contributed by atoms with Gasteiger partial charge in [0.25, 0.3) is 0 Å². The molecule has 0 bridgehead atoms. The standard InChI is InChI=1S/C15H20O3/c1-15(2)9-8-12-10-11(4-3-5-14(16)17)6-7-13(12)18-15/h6-7,10H,3-5,8-9H2,1-2H3,(H,16,17). The van der Waals surface area contributed by atoms with Crippen molar-refractivity contribution in [3.8, 4) is 5.75 Å². The fourth-order valence-corrected chi connectivity index (χ4v) is 2.31. The molecular weight excluding hydrogens is 228 g/mol. The van der Waals surface area contributed by atoms with Crippen LogP contribution < -0.4 is 4.74 Å². The molecule has 98 valence electrons. The molecule has 0 radical (unpaired) electrons. The van der Waals surface area contributed by atoms with E-state index in [0.717, 1.165) is 25.0 Å². The molecule has 0 spiro atoms. The Bertz CT molecular complexity index is 449. The second-order valence-electron chi connectivity index (χ2n) is 5.55. The van der Waals surface area contributed by atoms with Gasteiger partial charge >= 0.3 is 5.97 Å². The molecule has 1 aliphatic heterocycles. The van der Waals surface area contributed by atoms with Gasteiger partial charge in [-0.15, -0.1) is 0 Å². The van der Waals surface area contributed by atoms with Crippen molar-refractivity contribution in [3.63, 3.8) is 0 Å². The van der Waals surface area contributed by atoms with Gasteiger partial charge in [-0.05, 0) is 56.7 Å². The molecule has 0 saturated carbocycles. The fourth-order valence-electron chi connectivity index (χ4n) is 2.31. The van der Waals surface area contributed by atoms with Crippen LogP contribution in [0.3, 0.4) is 0 Å². The van der Waals surface area contributed by atoms with E-state index in [1.54, 1.807) is 0 Å². The Kier molecular flexibility index (Phi) is 3.60. The highest BCUT2D eigenvalue weighted by Crippen LogP contribution is 2.33. The van der Waals surface area contributed by atoms with Crippen LogP contribution in [0.4, 0.5) is 0 Å². The minimum atomic E-state index is -0.724. The molecule has 1 aromatic carbocycles. The van der Waals surface area contributed by atoms with Gasteiger partial charge in [-0.3, -0.25) is 4.79 Å². The number of benzene rings is 1. The van der Waals surface area contributed by atoms with Crippen LogP contribution in [0.25, 0.3) is 0 Å². The van der Waals surface area contributed by atoms with Crippen LogP contribution in [0.2, 0.25) is 0 Å². The average molecular weight is 248 g/mol. The number of hydrogen-bond acceptors (Lipinski definition) is 2. The first-order valence-electron chi connectivity index (χ1n) is 6.49. The summed E-state index contributed by atoms with van der Waals surface area (Å²) in [5, 5.41) is 8.62. The van der Waals surface area contributed by atoms with Crippen LogP contribution in [0.1, 0.15) is 44.2 Å². The molecule has 3 nitrogen and oxygen atoms in total. The number of aliphatic carboxylic acids is 1. The fraction of sp³-hybridized carbons (Fsp3) is 0.533. The third-order valence-electron chi connectivity index (χ3n) is 3.36. The van der Waals surface area contributed by atoms with E-state index >= 15 is 0 Å². The molecule has 3 heteroatoms. The molecule has 2 rings (SSSR count). The van der Waals surface area contributed by atoms with Crippen LogP contribution in [0.15, 0.2) is 18.2 Å². The van der Waals surface area contributed by atoms with Crippen LogP contribution in [-0.2, 0) is 17.6 Å². The molecule has 0 unspecified atom stereocenters. The predicted octanol–water partition coefficient (Wildman–Crippen LogP) is 3.20. The summed E-state index contributed by atoms with van der Waals surface area (Å²) in [6.07, 6.45) is 3.82. The lowest BCUT2D eigenvalue weighted by molar-refractivity contribution is -0.137. The molecule has 1 aliphatic rings. The van der Waals surface area contributed by atoms with Gasteiger partial charge in [0.15, 0.2) is 0 Å². The zero-order chi connectivity index (χ0) is 13.2. The number of hydrogen-bond donors (Lipinski definition) is 1. The molecule has 18 heavy (non-hydrogen) atoms. The Labute approximate surface area is 108 Å². The predicted molar refractivity (Wildman–Crippen MR) is 70.0 cm³/mol. The lowest BCUT2D eigenvalue weighted by atomic mass is 9.92. The Morgan fingerprint density at radius 3 is 2.94 bits per heavy atom. The van der Waals surface area contributed by atoms with E-state index in [2.05, 4.69) is 19.9 Å². The van der Waals surface area contributed by atoms with Crippen molar-refractivity contribution in [3.05, 3.63) is 29.3 Å². The van der Waals surface area contributed by atoms with E-state index in [1.165, 1.54) is 11.1 Å². The summed E-state index contributed by atoms with van der Waals surface area (Å²) >= 11 is 0. The molecule has 0 fully saturated rings. The highest BCUT2D eigenvalue weighted by atomic mass is 16.5. The van der Waals surface area contributed by atoms with Crippen molar-refractivity contribution in [2.45, 2.75) is 51.6 Å². The van der Waals surface area contributed by atoms with E-state index in [9.17, 15) is 4.79 Å². The van der Waals surface area contributed by atoms with Gasteiger partial charge in [-0.1, -0.05) is 12.1 Å².